The van der Waals surface area contributed by atoms with Crippen molar-refractivity contribution in [2.24, 2.45) is 0 Å². The highest BCUT2D eigenvalue weighted by atomic mass is 15.5. The van der Waals surface area contributed by atoms with Crippen LogP contribution in [-0.4, -0.2) is 24.1 Å². The highest BCUT2D eigenvalue weighted by Crippen LogP contribution is 2.18. The molecule has 2 rings (SSSR count). The van der Waals surface area contributed by atoms with Crippen LogP contribution in [0.5, 0.6) is 0 Å². The second-order valence-corrected chi connectivity index (χ2v) is 6.91. The molecule has 0 bridgehead atoms. The highest BCUT2D eigenvalue weighted by Gasteiger charge is 2.17. The van der Waals surface area contributed by atoms with E-state index in [-0.39, 0.29) is 0 Å². The van der Waals surface area contributed by atoms with E-state index in [2.05, 4.69) is 34.7 Å². The molecule has 2 heteroatoms. The highest BCUT2D eigenvalue weighted by molar-refractivity contribution is 4.85. The molecule has 0 amide bonds. The van der Waals surface area contributed by atoms with Crippen LogP contribution >= 0.6 is 0 Å². The second kappa shape index (κ2) is 11.9. The van der Waals surface area contributed by atoms with Crippen LogP contribution in [-0.2, 0) is 0 Å². The van der Waals surface area contributed by atoms with Crippen molar-refractivity contribution in [2.45, 2.75) is 89.5 Å². The molecule has 1 N–H and O–H groups in total. The Kier molecular flexibility index (Phi) is 9.60. The molecule has 2 nitrogen and oxygen atoms in total. The molecule has 0 fully saturated rings. The van der Waals surface area contributed by atoms with Crippen molar-refractivity contribution in [3.8, 4) is 0 Å². The van der Waals surface area contributed by atoms with Crippen LogP contribution < -0.4 is 5.43 Å². The lowest BCUT2D eigenvalue weighted by atomic mass is 10.0. The van der Waals surface area contributed by atoms with E-state index in [4.69, 9.17) is 0 Å². The number of nitrogens with one attached hydrogen (secondary N) is 1. The van der Waals surface area contributed by atoms with Gasteiger partial charge in [-0.25, -0.2) is 5.01 Å². The smallest absolute Gasteiger partial charge is 0.0243 e. The zero-order chi connectivity index (χ0) is 15.3. The molecule has 0 spiro atoms. The summed E-state index contributed by atoms with van der Waals surface area (Å²) in [6.07, 6.45) is 26.8. The van der Waals surface area contributed by atoms with E-state index >= 15 is 0 Å². The number of hydrogen-bond acceptors (Lipinski definition) is 2. The first-order chi connectivity index (χ1) is 11.0. The number of rotatable bonds is 1. The van der Waals surface area contributed by atoms with Gasteiger partial charge < -0.3 is 0 Å². The van der Waals surface area contributed by atoms with Gasteiger partial charge in [0.2, 0.25) is 0 Å². The van der Waals surface area contributed by atoms with E-state index in [0.29, 0.717) is 0 Å². The van der Waals surface area contributed by atoms with Crippen molar-refractivity contribution in [1.82, 2.24) is 10.4 Å². The first-order valence-corrected chi connectivity index (χ1v) is 9.77. The van der Waals surface area contributed by atoms with Gasteiger partial charge in [-0.3, -0.25) is 5.43 Å². The van der Waals surface area contributed by atoms with Crippen LogP contribution in [0.4, 0.5) is 0 Å². The maximum absolute atomic E-state index is 3.77. The third kappa shape index (κ3) is 7.60. The predicted molar refractivity (Wildman–Crippen MR) is 96.8 cm³/mol. The molecule has 0 aromatic heterocycles. The predicted octanol–water partition coefficient (Wildman–Crippen LogP) is 5.37. The Balaban J connectivity index is 1.87. The molecule has 22 heavy (non-hydrogen) atoms. The summed E-state index contributed by atoms with van der Waals surface area (Å²) >= 11 is 0. The maximum Gasteiger partial charge on any atom is 0.0243 e. The lowest BCUT2D eigenvalue weighted by Gasteiger charge is -2.32. The number of hydrogen-bond donors (Lipinski definition) is 1. The van der Waals surface area contributed by atoms with E-state index in [1.54, 1.807) is 0 Å². The molecule has 1 aliphatic heterocycles. The summed E-state index contributed by atoms with van der Waals surface area (Å²) < 4.78 is 0. The van der Waals surface area contributed by atoms with Crippen molar-refractivity contribution in [2.75, 3.05) is 13.1 Å². The summed E-state index contributed by atoms with van der Waals surface area (Å²) in [4.78, 5) is 0. The quantitative estimate of drug-likeness (QED) is 0.655. The zero-order valence-electron chi connectivity index (χ0n) is 14.4. The van der Waals surface area contributed by atoms with Gasteiger partial charge >= 0.3 is 0 Å². The fourth-order valence-electron chi connectivity index (χ4n) is 3.60. The average molecular weight is 305 g/mol. The summed E-state index contributed by atoms with van der Waals surface area (Å²) in [6, 6.07) is 0.747. The van der Waals surface area contributed by atoms with Crippen LogP contribution in [0.15, 0.2) is 24.3 Å². The SMILES string of the molecule is C1=C\CCCC(N2CCC/C=C/CCCCN2)CCCCC/1. The summed E-state index contributed by atoms with van der Waals surface area (Å²) in [7, 11) is 0. The Bertz CT molecular complexity index is 290. The number of hydrazine groups is 1. The minimum absolute atomic E-state index is 0.747. The van der Waals surface area contributed by atoms with Crippen LogP contribution in [0.1, 0.15) is 83.5 Å². The molecule has 1 unspecified atom stereocenters. The first kappa shape index (κ1) is 17.7. The number of allylic oxidation sites excluding steroid dienone is 4. The normalized spacial score (nSPS) is 30.6. The molecule has 126 valence electrons. The molecular weight excluding hydrogens is 268 g/mol. The Morgan fingerprint density at radius 2 is 1.27 bits per heavy atom. The van der Waals surface area contributed by atoms with Gasteiger partial charge in [-0.05, 0) is 70.6 Å². The minimum Gasteiger partial charge on any atom is -0.255 e. The lowest BCUT2D eigenvalue weighted by Crippen LogP contribution is -2.46. The van der Waals surface area contributed by atoms with E-state index in [0.717, 1.165) is 12.6 Å². The van der Waals surface area contributed by atoms with Crippen LogP contribution in [0, 0.1) is 0 Å². The third-order valence-electron chi connectivity index (χ3n) is 4.97. The van der Waals surface area contributed by atoms with Crippen molar-refractivity contribution in [3.05, 3.63) is 24.3 Å². The standard InChI is InChI=1S/C20H36N2/c1-2-5-9-13-17-20(16-12-8-4-1)22-19-15-11-7-3-6-10-14-18-21-22/h1,3-4,7,20-21H,2,5-6,8-19H2/b4-1-,7-3+. The zero-order valence-corrected chi connectivity index (χ0v) is 14.4. The van der Waals surface area contributed by atoms with Crippen molar-refractivity contribution >= 4 is 0 Å². The molecule has 0 saturated carbocycles. The molecule has 0 saturated heterocycles. The van der Waals surface area contributed by atoms with Crippen molar-refractivity contribution in [3.63, 3.8) is 0 Å². The van der Waals surface area contributed by atoms with Crippen LogP contribution in [0.2, 0.25) is 0 Å². The maximum atomic E-state index is 3.77. The van der Waals surface area contributed by atoms with Crippen LogP contribution in [0.25, 0.3) is 0 Å². The van der Waals surface area contributed by atoms with Crippen molar-refractivity contribution < 1.29 is 0 Å². The Labute approximate surface area is 138 Å². The van der Waals surface area contributed by atoms with Gasteiger partial charge in [0.25, 0.3) is 0 Å². The summed E-state index contributed by atoms with van der Waals surface area (Å²) in [5, 5.41) is 2.61. The van der Waals surface area contributed by atoms with E-state index in [1.165, 1.54) is 90.0 Å². The van der Waals surface area contributed by atoms with E-state index < -0.39 is 0 Å². The van der Waals surface area contributed by atoms with Crippen LogP contribution in [0.3, 0.4) is 0 Å². The topological polar surface area (TPSA) is 15.3 Å². The third-order valence-corrected chi connectivity index (χ3v) is 4.97. The van der Waals surface area contributed by atoms with Gasteiger partial charge in [-0.1, -0.05) is 37.1 Å². The molecule has 1 atom stereocenters. The Morgan fingerprint density at radius 1 is 0.636 bits per heavy atom. The van der Waals surface area contributed by atoms with Gasteiger partial charge in [0, 0.05) is 19.1 Å². The van der Waals surface area contributed by atoms with Gasteiger partial charge in [-0.2, -0.15) is 0 Å². The molecule has 1 heterocycles. The fraction of sp³-hybridized carbons (Fsp3) is 0.800. The van der Waals surface area contributed by atoms with Crippen molar-refractivity contribution in [1.29, 1.82) is 0 Å². The monoisotopic (exact) mass is 304 g/mol. The number of nitrogens with zero attached hydrogens (tertiary/aromatic N) is 1. The molecule has 0 aromatic rings. The van der Waals surface area contributed by atoms with E-state index in [1.807, 2.05) is 0 Å². The van der Waals surface area contributed by atoms with Gasteiger partial charge in [0.15, 0.2) is 0 Å². The lowest BCUT2D eigenvalue weighted by molar-refractivity contribution is 0.104. The van der Waals surface area contributed by atoms with Gasteiger partial charge in [0.1, 0.15) is 0 Å². The van der Waals surface area contributed by atoms with Gasteiger partial charge in [0.05, 0.1) is 0 Å². The molecular formula is C20H36N2. The largest absolute Gasteiger partial charge is 0.255 e. The minimum atomic E-state index is 0.747. The summed E-state index contributed by atoms with van der Waals surface area (Å²) in [5.41, 5.74) is 3.77. The second-order valence-electron chi connectivity index (χ2n) is 6.91. The Hall–Kier alpha value is -0.600. The molecule has 0 radical (unpaired) electrons. The molecule has 1 aliphatic carbocycles. The average Bonchev–Trinajstić information content (AvgIpc) is 2.64. The Morgan fingerprint density at radius 3 is 2.09 bits per heavy atom. The summed E-state index contributed by atoms with van der Waals surface area (Å²) in [6.45, 7) is 2.37. The molecule has 2 aliphatic rings. The summed E-state index contributed by atoms with van der Waals surface area (Å²) in [5.74, 6) is 0. The van der Waals surface area contributed by atoms with Gasteiger partial charge in [-0.15, -0.1) is 0 Å². The fourth-order valence-corrected chi connectivity index (χ4v) is 3.60. The molecule has 0 aromatic carbocycles. The first-order valence-electron chi connectivity index (χ1n) is 9.77. The van der Waals surface area contributed by atoms with E-state index in [9.17, 15) is 0 Å².